The summed E-state index contributed by atoms with van der Waals surface area (Å²) in [5.41, 5.74) is -0.0616. The van der Waals surface area contributed by atoms with Gasteiger partial charge in [-0.05, 0) is 42.0 Å². The predicted octanol–water partition coefficient (Wildman–Crippen LogP) is 3.40. The van der Waals surface area contributed by atoms with E-state index in [4.69, 9.17) is 25.8 Å². The molecule has 1 atom stereocenters. The summed E-state index contributed by atoms with van der Waals surface area (Å²) in [4.78, 5) is 2.14. The Bertz CT molecular complexity index is 1020. The minimum atomic E-state index is -1.16. The van der Waals surface area contributed by atoms with Gasteiger partial charge < -0.3 is 19.3 Å². The third-order valence-electron chi connectivity index (χ3n) is 5.28. The highest BCUT2D eigenvalue weighted by Gasteiger charge is 2.33. The van der Waals surface area contributed by atoms with Crippen LogP contribution in [-0.2, 0) is 17.8 Å². The maximum absolute atomic E-state index is 13.1. The Morgan fingerprint density at radius 1 is 1.09 bits per heavy atom. The molecule has 0 amide bonds. The van der Waals surface area contributed by atoms with Crippen molar-refractivity contribution < 1.29 is 23.7 Å². The topological polar surface area (TPSA) is 69.0 Å². The minimum absolute atomic E-state index is 0.0589. The first kappa shape index (κ1) is 23.5. The predicted molar refractivity (Wildman–Crippen MR) is 122 cm³/mol. The zero-order valence-electron chi connectivity index (χ0n) is 18.2. The molecular formula is C24H27ClFN3O4. The molecule has 1 saturated heterocycles. The summed E-state index contributed by atoms with van der Waals surface area (Å²) < 4.78 is 31.9. The van der Waals surface area contributed by atoms with Gasteiger partial charge in [0.15, 0.2) is 0 Å². The highest BCUT2D eigenvalue weighted by atomic mass is 35.5. The molecule has 2 aromatic carbocycles. The van der Waals surface area contributed by atoms with Crippen molar-refractivity contribution in [2.45, 2.75) is 18.7 Å². The van der Waals surface area contributed by atoms with Gasteiger partial charge in [0.2, 0.25) is 0 Å². The highest BCUT2D eigenvalue weighted by molar-refractivity contribution is 6.30. The quantitative estimate of drug-likeness (QED) is 0.511. The molecule has 176 valence electrons. The van der Waals surface area contributed by atoms with Crippen LogP contribution in [0.5, 0.6) is 11.5 Å². The molecule has 3 aromatic rings. The number of β-amino-alcohol motifs (C(OH)–C–C–N with tert-alkyl or cyclic N) is 1. The van der Waals surface area contributed by atoms with Crippen LogP contribution < -0.4 is 9.47 Å². The van der Waals surface area contributed by atoms with Gasteiger partial charge in [0.1, 0.15) is 36.1 Å². The third kappa shape index (κ3) is 7.17. The molecule has 0 radical (unpaired) electrons. The van der Waals surface area contributed by atoms with Crippen LogP contribution in [0.3, 0.4) is 0 Å². The van der Waals surface area contributed by atoms with E-state index in [1.165, 1.54) is 12.1 Å². The molecule has 0 bridgehead atoms. The van der Waals surface area contributed by atoms with Crippen LogP contribution in [-0.4, -0.2) is 64.9 Å². The van der Waals surface area contributed by atoms with Gasteiger partial charge in [-0.25, -0.2) is 4.39 Å². The van der Waals surface area contributed by atoms with Gasteiger partial charge in [-0.3, -0.25) is 9.58 Å². The van der Waals surface area contributed by atoms with Crippen molar-refractivity contribution >= 4 is 11.6 Å². The lowest BCUT2D eigenvalue weighted by Crippen LogP contribution is -2.48. The normalized spacial score (nSPS) is 19.2. The van der Waals surface area contributed by atoms with Crippen molar-refractivity contribution in [3.05, 3.63) is 77.3 Å². The zero-order chi connectivity index (χ0) is 23.1. The van der Waals surface area contributed by atoms with Gasteiger partial charge in [-0.2, -0.15) is 5.10 Å². The fourth-order valence-electron chi connectivity index (χ4n) is 3.63. The number of ether oxygens (including phenoxy) is 3. The summed E-state index contributed by atoms with van der Waals surface area (Å²) >= 11 is 5.86. The van der Waals surface area contributed by atoms with E-state index in [-0.39, 0.29) is 19.0 Å². The second-order valence-corrected chi connectivity index (χ2v) is 8.58. The Kier molecular flexibility index (Phi) is 7.82. The van der Waals surface area contributed by atoms with Crippen LogP contribution >= 0.6 is 11.6 Å². The van der Waals surface area contributed by atoms with Gasteiger partial charge >= 0.3 is 0 Å². The molecular weight excluding hydrogens is 449 g/mol. The van der Waals surface area contributed by atoms with Crippen molar-refractivity contribution in [3.63, 3.8) is 0 Å². The first-order valence-corrected chi connectivity index (χ1v) is 11.2. The van der Waals surface area contributed by atoms with Gasteiger partial charge in [-0.15, -0.1) is 0 Å². The van der Waals surface area contributed by atoms with E-state index in [2.05, 4.69) is 10.00 Å². The van der Waals surface area contributed by atoms with Crippen molar-refractivity contribution in [2.24, 2.45) is 0 Å². The number of hydrogen-bond acceptors (Lipinski definition) is 6. The number of nitrogens with zero attached hydrogens (tertiary/aromatic N) is 3. The van der Waals surface area contributed by atoms with Crippen molar-refractivity contribution in [2.75, 3.05) is 39.5 Å². The van der Waals surface area contributed by atoms with E-state index in [0.29, 0.717) is 50.2 Å². The van der Waals surface area contributed by atoms with E-state index in [1.807, 2.05) is 24.3 Å². The number of aromatic nitrogens is 2. The van der Waals surface area contributed by atoms with E-state index in [9.17, 15) is 9.50 Å². The van der Waals surface area contributed by atoms with Gasteiger partial charge in [0.25, 0.3) is 0 Å². The smallest absolute Gasteiger partial charge is 0.134 e. The summed E-state index contributed by atoms with van der Waals surface area (Å²) in [7, 11) is 0. The molecule has 7 nitrogen and oxygen atoms in total. The molecule has 1 fully saturated rings. The average molecular weight is 476 g/mol. The molecule has 1 aromatic heterocycles. The number of hydrogen-bond donors (Lipinski definition) is 1. The Labute approximate surface area is 197 Å². The summed E-state index contributed by atoms with van der Waals surface area (Å²) in [6.07, 6.45) is 3.35. The van der Waals surface area contributed by atoms with E-state index >= 15 is 0 Å². The Morgan fingerprint density at radius 2 is 1.82 bits per heavy atom. The Hall–Kier alpha value is -2.65. The van der Waals surface area contributed by atoms with Crippen LogP contribution in [0.25, 0.3) is 0 Å². The van der Waals surface area contributed by atoms with Crippen molar-refractivity contribution in [1.29, 1.82) is 0 Å². The molecule has 0 unspecified atom stereocenters. The molecule has 33 heavy (non-hydrogen) atoms. The highest BCUT2D eigenvalue weighted by Crippen LogP contribution is 2.20. The second kappa shape index (κ2) is 11.0. The number of benzene rings is 2. The first-order chi connectivity index (χ1) is 16.0. The summed E-state index contributed by atoms with van der Waals surface area (Å²) in [6, 6.07) is 13.6. The standard InChI is InChI=1S/C24H27ClFN3O4/c25-20-13-27-29(15-20)10-12-32-22-5-1-19(2-6-22)14-28-9-11-31-17-24(30,16-28)18-33-23-7-3-21(26)4-8-23/h1-8,13,15,30H,9-12,14,16-18H2/t24-/m0/s1. The summed E-state index contributed by atoms with van der Waals surface area (Å²) in [5.74, 6) is 0.955. The molecule has 1 N–H and O–H groups in total. The lowest BCUT2D eigenvalue weighted by Gasteiger charge is -2.30. The molecule has 1 aliphatic heterocycles. The monoisotopic (exact) mass is 475 g/mol. The molecule has 2 heterocycles. The lowest BCUT2D eigenvalue weighted by atomic mass is 10.1. The second-order valence-electron chi connectivity index (χ2n) is 8.14. The van der Waals surface area contributed by atoms with Gasteiger partial charge in [-0.1, -0.05) is 23.7 Å². The SMILES string of the molecule is O[C@]1(COc2ccc(F)cc2)COCCN(Cc2ccc(OCCn3cc(Cl)cn3)cc2)C1. The molecule has 4 rings (SSSR count). The van der Waals surface area contributed by atoms with E-state index in [0.717, 1.165) is 11.3 Å². The lowest BCUT2D eigenvalue weighted by molar-refractivity contribution is -0.0646. The number of halogens is 2. The number of rotatable bonds is 9. The fourth-order valence-corrected chi connectivity index (χ4v) is 3.79. The van der Waals surface area contributed by atoms with Crippen LogP contribution in [0.2, 0.25) is 5.02 Å². The Balaban J connectivity index is 1.27. The molecule has 0 saturated carbocycles. The molecule has 0 spiro atoms. The van der Waals surface area contributed by atoms with Crippen LogP contribution in [0, 0.1) is 5.82 Å². The molecule has 1 aliphatic rings. The average Bonchev–Trinajstić information content (AvgIpc) is 3.13. The first-order valence-electron chi connectivity index (χ1n) is 10.8. The zero-order valence-corrected chi connectivity index (χ0v) is 19.0. The van der Waals surface area contributed by atoms with Gasteiger partial charge in [0.05, 0.1) is 31.0 Å². The van der Waals surface area contributed by atoms with Crippen molar-refractivity contribution in [1.82, 2.24) is 14.7 Å². The molecule has 9 heteroatoms. The van der Waals surface area contributed by atoms with E-state index in [1.54, 1.807) is 29.2 Å². The van der Waals surface area contributed by atoms with Crippen molar-refractivity contribution in [3.8, 4) is 11.5 Å². The third-order valence-corrected chi connectivity index (χ3v) is 5.48. The van der Waals surface area contributed by atoms with Gasteiger partial charge in [0, 0.05) is 25.8 Å². The van der Waals surface area contributed by atoms with E-state index < -0.39 is 5.60 Å². The minimum Gasteiger partial charge on any atom is -0.492 e. The number of aliphatic hydroxyl groups is 1. The largest absolute Gasteiger partial charge is 0.492 e. The maximum Gasteiger partial charge on any atom is 0.134 e. The van der Waals surface area contributed by atoms with Crippen LogP contribution in [0.4, 0.5) is 4.39 Å². The summed E-state index contributed by atoms with van der Waals surface area (Å²) in [5, 5.41) is 15.8. The fraction of sp³-hybridized carbons (Fsp3) is 0.375. The van der Waals surface area contributed by atoms with Crippen LogP contribution in [0.15, 0.2) is 60.9 Å². The maximum atomic E-state index is 13.1. The summed E-state index contributed by atoms with van der Waals surface area (Å²) in [6.45, 7) is 3.62. The van der Waals surface area contributed by atoms with Crippen LogP contribution in [0.1, 0.15) is 5.56 Å². The molecule has 0 aliphatic carbocycles. The Morgan fingerprint density at radius 3 is 2.55 bits per heavy atom.